The molecule has 3 heterocycles. The second kappa shape index (κ2) is 6.96. The predicted octanol–water partition coefficient (Wildman–Crippen LogP) is 2.32. The first-order chi connectivity index (χ1) is 12.6. The van der Waals surface area contributed by atoms with E-state index in [1.165, 1.54) is 15.5 Å². The van der Waals surface area contributed by atoms with Gasteiger partial charge in [-0.3, -0.25) is 9.69 Å². The lowest BCUT2D eigenvalue weighted by Gasteiger charge is -2.32. The largest absolute Gasteiger partial charge is 0.490 e. The molecule has 0 saturated carbocycles. The average Bonchev–Trinajstić information content (AvgIpc) is 3.02. The summed E-state index contributed by atoms with van der Waals surface area (Å²) < 4.78 is 9.91. The molecule has 1 fully saturated rings. The fourth-order valence-corrected chi connectivity index (χ4v) is 3.56. The molecule has 4 rings (SSSR count). The lowest BCUT2D eigenvalue weighted by Crippen LogP contribution is -2.38. The van der Waals surface area contributed by atoms with Crippen molar-refractivity contribution < 1.29 is 4.74 Å². The van der Waals surface area contributed by atoms with E-state index in [9.17, 15) is 4.79 Å². The summed E-state index contributed by atoms with van der Waals surface area (Å²) in [5.41, 5.74) is 2.02. The van der Waals surface area contributed by atoms with Gasteiger partial charge in [-0.25, -0.2) is 4.98 Å². The molecule has 3 aromatic rings. The van der Waals surface area contributed by atoms with Gasteiger partial charge in [0, 0.05) is 51.4 Å². The van der Waals surface area contributed by atoms with Gasteiger partial charge in [0.1, 0.15) is 11.9 Å². The molecule has 0 radical (unpaired) electrons. The molecular weight excluding hydrogens is 328 g/mol. The summed E-state index contributed by atoms with van der Waals surface area (Å²) in [6.07, 6.45) is 5.85. The second-order valence-electron chi connectivity index (χ2n) is 7.04. The second-order valence-corrected chi connectivity index (χ2v) is 7.04. The maximum Gasteiger partial charge on any atom is 0.253 e. The summed E-state index contributed by atoms with van der Waals surface area (Å²) in [7, 11) is 3.77. The van der Waals surface area contributed by atoms with E-state index in [1.54, 1.807) is 19.4 Å². The molecule has 6 nitrogen and oxygen atoms in total. The lowest BCUT2D eigenvalue weighted by atomic mass is 10.1. The third-order valence-corrected chi connectivity index (χ3v) is 5.14. The Morgan fingerprint density at radius 1 is 1.15 bits per heavy atom. The molecule has 0 atom stereocenters. The zero-order chi connectivity index (χ0) is 18.1. The molecule has 1 aliphatic heterocycles. The van der Waals surface area contributed by atoms with Gasteiger partial charge >= 0.3 is 0 Å². The molecule has 1 aliphatic rings. The van der Waals surface area contributed by atoms with Crippen molar-refractivity contribution in [2.24, 2.45) is 14.1 Å². The highest BCUT2D eigenvalue weighted by molar-refractivity contribution is 5.86. The number of nitrogens with zero attached hydrogens (tertiary/aromatic N) is 4. The molecule has 0 amide bonds. The number of hydrogen-bond donors (Lipinski definition) is 0. The smallest absolute Gasteiger partial charge is 0.253 e. The molecule has 6 heteroatoms. The zero-order valence-corrected chi connectivity index (χ0v) is 15.3. The lowest BCUT2D eigenvalue weighted by molar-refractivity contribution is 0.0972. The number of benzene rings is 1. The van der Waals surface area contributed by atoms with Gasteiger partial charge in [-0.15, -0.1) is 0 Å². The summed E-state index contributed by atoms with van der Waals surface area (Å²) in [6, 6.07) is 9.95. The van der Waals surface area contributed by atoms with Crippen LogP contribution >= 0.6 is 0 Å². The quantitative estimate of drug-likeness (QED) is 0.723. The van der Waals surface area contributed by atoms with Crippen LogP contribution in [0.2, 0.25) is 0 Å². The van der Waals surface area contributed by atoms with Crippen molar-refractivity contribution in [3.63, 3.8) is 0 Å². The fraction of sp³-hybridized carbons (Fsp3) is 0.400. The van der Waals surface area contributed by atoms with Crippen LogP contribution in [0, 0.1) is 0 Å². The van der Waals surface area contributed by atoms with Crippen LogP contribution in [0.4, 0.5) is 0 Å². The van der Waals surface area contributed by atoms with E-state index in [2.05, 4.69) is 45.9 Å². The maximum atomic E-state index is 11.7. The number of likely N-dealkylation sites (tertiary alicyclic amines) is 1. The molecule has 1 aromatic carbocycles. The average molecular weight is 352 g/mol. The summed E-state index contributed by atoms with van der Waals surface area (Å²) in [4.78, 5) is 18.4. The number of piperidine rings is 1. The van der Waals surface area contributed by atoms with Gasteiger partial charge in [-0.05, 0) is 31.0 Å². The van der Waals surface area contributed by atoms with Gasteiger partial charge in [0.25, 0.3) is 5.56 Å². The van der Waals surface area contributed by atoms with Crippen molar-refractivity contribution >= 4 is 10.9 Å². The van der Waals surface area contributed by atoms with Gasteiger partial charge in [0.05, 0.1) is 17.5 Å². The summed E-state index contributed by atoms with van der Waals surface area (Å²) in [5.74, 6) is 0.967. The highest BCUT2D eigenvalue weighted by Gasteiger charge is 2.21. The van der Waals surface area contributed by atoms with Crippen LogP contribution in [0.1, 0.15) is 18.5 Å². The number of rotatable bonds is 4. The Balaban J connectivity index is 1.37. The Hall–Kier alpha value is -2.60. The van der Waals surface area contributed by atoms with E-state index < -0.39 is 0 Å². The van der Waals surface area contributed by atoms with Gasteiger partial charge in [-0.1, -0.05) is 6.07 Å². The SMILES string of the molecule is Cn1cnc(CN2CCC(Oc3cccc4c3ccn4C)CC2)cc1=O. The van der Waals surface area contributed by atoms with Crippen molar-refractivity contribution in [2.45, 2.75) is 25.5 Å². The predicted molar refractivity (Wildman–Crippen MR) is 101 cm³/mol. The standard InChI is InChI=1S/C20H24N4O2/c1-22-9-8-17-18(22)4-3-5-19(17)26-16-6-10-24(11-7-16)13-15-12-20(25)23(2)14-21-15/h3-5,8-9,12,14,16H,6-7,10-11,13H2,1-2H3. The first kappa shape index (κ1) is 16.8. The zero-order valence-electron chi connectivity index (χ0n) is 15.3. The van der Waals surface area contributed by atoms with Crippen molar-refractivity contribution in [3.8, 4) is 5.75 Å². The Labute approximate surface area is 152 Å². The Kier molecular flexibility index (Phi) is 4.51. The van der Waals surface area contributed by atoms with E-state index in [0.29, 0.717) is 0 Å². The first-order valence-electron chi connectivity index (χ1n) is 9.05. The number of fused-ring (bicyclic) bond motifs is 1. The molecular formula is C20H24N4O2. The number of aryl methyl sites for hydroxylation is 2. The molecule has 26 heavy (non-hydrogen) atoms. The molecule has 0 bridgehead atoms. The summed E-state index contributed by atoms with van der Waals surface area (Å²) in [6.45, 7) is 2.62. The van der Waals surface area contributed by atoms with Crippen LogP contribution in [-0.2, 0) is 20.6 Å². The summed E-state index contributed by atoms with van der Waals surface area (Å²) in [5, 5.41) is 1.17. The number of aromatic nitrogens is 3. The highest BCUT2D eigenvalue weighted by atomic mass is 16.5. The Morgan fingerprint density at radius 2 is 1.96 bits per heavy atom. The minimum Gasteiger partial charge on any atom is -0.490 e. The third-order valence-electron chi connectivity index (χ3n) is 5.14. The molecule has 2 aromatic heterocycles. The monoisotopic (exact) mass is 352 g/mol. The molecule has 0 N–H and O–H groups in total. The Bertz CT molecular complexity index is 967. The van der Waals surface area contributed by atoms with Crippen molar-refractivity contribution in [1.29, 1.82) is 0 Å². The minimum atomic E-state index is -0.0100. The fourth-order valence-electron chi connectivity index (χ4n) is 3.56. The number of hydrogen-bond acceptors (Lipinski definition) is 4. The van der Waals surface area contributed by atoms with Crippen molar-refractivity contribution in [1.82, 2.24) is 19.0 Å². The van der Waals surface area contributed by atoms with Crippen LogP contribution in [0.25, 0.3) is 10.9 Å². The van der Waals surface area contributed by atoms with E-state index >= 15 is 0 Å². The molecule has 1 saturated heterocycles. The maximum absolute atomic E-state index is 11.7. The minimum absolute atomic E-state index is 0.0100. The van der Waals surface area contributed by atoms with E-state index in [0.717, 1.165) is 43.9 Å². The van der Waals surface area contributed by atoms with E-state index in [-0.39, 0.29) is 11.7 Å². The molecule has 0 spiro atoms. The van der Waals surface area contributed by atoms with Crippen LogP contribution in [-0.4, -0.2) is 38.2 Å². The summed E-state index contributed by atoms with van der Waals surface area (Å²) >= 11 is 0. The van der Waals surface area contributed by atoms with Crippen LogP contribution in [0.3, 0.4) is 0 Å². The van der Waals surface area contributed by atoms with Crippen LogP contribution < -0.4 is 10.3 Å². The topological polar surface area (TPSA) is 52.3 Å². The van der Waals surface area contributed by atoms with Gasteiger partial charge in [0.2, 0.25) is 0 Å². The molecule has 0 aliphatic carbocycles. The highest BCUT2D eigenvalue weighted by Crippen LogP contribution is 2.28. The normalized spacial score (nSPS) is 16.2. The van der Waals surface area contributed by atoms with Gasteiger partial charge < -0.3 is 13.9 Å². The van der Waals surface area contributed by atoms with Gasteiger partial charge in [-0.2, -0.15) is 0 Å². The number of ether oxygens (including phenoxy) is 1. The Morgan fingerprint density at radius 3 is 2.73 bits per heavy atom. The third kappa shape index (κ3) is 3.37. The van der Waals surface area contributed by atoms with Crippen LogP contribution in [0.15, 0.2) is 47.7 Å². The van der Waals surface area contributed by atoms with Crippen LogP contribution in [0.5, 0.6) is 5.75 Å². The first-order valence-corrected chi connectivity index (χ1v) is 9.05. The van der Waals surface area contributed by atoms with Gasteiger partial charge in [0.15, 0.2) is 0 Å². The molecule has 0 unspecified atom stereocenters. The van der Waals surface area contributed by atoms with Crippen molar-refractivity contribution in [3.05, 3.63) is 58.9 Å². The van der Waals surface area contributed by atoms with E-state index in [4.69, 9.17) is 4.74 Å². The van der Waals surface area contributed by atoms with Crippen molar-refractivity contribution in [2.75, 3.05) is 13.1 Å². The van der Waals surface area contributed by atoms with E-state index in [1.807, 2.05) is 6.07 Å². The molecule has 136 valence electrons.